The number of hydrogen-bond acceptors (Lipinski definition) is 5. The van der Waals surface area contributed by atoms with E-state index in [1.165, 1.54) is 12.4 Å². The summed E-state index contributed by atoms with van der Waals surface area (Å²) < 4.78 is 0. The van der Waals surface area contributed by atoms with Gasteiger partial charge in [0.05, 0.1) is 24.0 Å². The van der Waals surface area contributed by atoms with Gasteiger partial charge in [-0.05, 0) is 17.7 Å². The first-order valence-corrected chi connectivity index (χ1v) is 6.00. The van der Waals surface area contributed by atoms with E-state index in [1.54, 1.807) is 31.3 Å². The van der Waals surface area contributed by atoms with Crippen molar-refractivity contribution >= 4 is 11.7 Å². The molecule has 0 saturated heterocycles. The highest BCUT2D eigenvalue weighted by atomic mass is 16.1. The number of carbonyl (C=O) groups is 1. The molecule has 0 atom stereocenters. The Morgan fingerprint density at radius 2 is 2.00 bits per heavy atom. The number of aromatic nitrogens is 2. The molecule has 6 nitrogen and oxygen atoms in total. The van der Waals surface area contributed by atoms with Crippen LogP contribution in [0.2, 0.25) is 0 Å². The van der Waals surface area contributed by atoms with Gasteiger partial charge in [-0.2, -0.15) is 5.26 Å². The number of anilines is 1. The fourth-order valence-corrected chi connectivity index (χ4v) is 1.54. The lowest BCUT2D eigenvalue weighted by atomic mass is 10.1. The molecule has 2 N–H and O–H groups in total. The number of nitriles is 1. The predicted octanol–water partition coefficient (Wildman–Crippen LogP) is 1.32. The molecule has 1 aromatic carbocycles. The number of amides is 1. The molecule has 0 spiro atoms. The molecule has 0 radical (unpaired) electrons. The maximum absolute atomic E-state index is 11.9. The maximum atomic E-state index is 11.9. The van der Waals surface area contributed by atoms with E-state index in [2.05, 4.69) is 20.6 Å². The summed E-state index contributed by atoms with van der Waals surface area (Å²) >= 11 is 0. The Morgan fingerprint density at radius 3 is 2.55 bits per heavy atom. The summed E-state index contributed by atoms with van der Waals surface area (Å²) in [5.41, 5.74) is 1.77. The fraction of sp³-hybridized carbons (Fsp3) is 0.143. The second-order valence-electron chi connectivity index (χ2n) is 4.03. The minimum absolute atomic E-state index is 0.262. The summed E-state index contributed by atoms with van der Waals surface area (Å²) in [5, 5.41) is 14.3. The van der Waals surface area contributed by atoms with E-state index in [9.17, 15) is 4.79 Å². The van der Waals surface area contributed by atoms with Gasteiger partial charge >= 0.3 is 0 Å². The van der Waals surface area contributed by atoms with Crippen molar-refractivity contribution in [3.05, 3.63) is 53.5 Å². The molecule has 0 bridgehead atoms. The molecule has 2 aromatic rings. The van der Waals surface area contributed by atoms with Crippen LogP contribution in [0.5, 0.6) is 0 Å². The van der Waals surface area contributed by atoms with E-state index in [-0.39, 0.29) is 11.6 Å². The van der Waals surface area contributed by atoms with Gasteiger partial charge in [0.1, 0.15) is 11.5 Å². The smallest absolute Gasteiger partial charge is 0.271 e. The summed E-state index contributed by atoms with van der Waals surface area (Å²) in [6.07, 6.45) is 2.91. The van der Waals surface area contributed by atoms with Crippen molar-refractivity contribution in [3.8, 4) is 6.07 Å². The minimum atomic E-state index is -0.287. The van der Waals surface area contributed by atoms with Gasteiger partial charge in [-0.3, -0.25) is 4.79 Å². The van der Waals surface area contributed by atoms with Crippen LogP contribution in [0.15, 0.2) is 36.7 Å². The Labute approximate surface area is 116 Å². The Balaban J connectivity index is 1.95. The van der Waals surface area contributed by atoms with Gasteiger partial charge in [0.2, 0.25) is 0 Å². The van der Waals surface area contributed by atoms with Crippen molar-refractivity contribution in [3.63, 3.8) is 0 Å². The molecule has 0 unspecified atom stereocenters. The highest BCUT2D eigenvalue weighted by molar-refractivity contribution is 5.91. The van der Waals surface area contributed by atoms with Crippen LogP contribution < -0.4 is 10.6 Å². The van der Waals surface area contributed by atoms with E-state index in [1.807, 2.05) is 6.07 Å². The summed E-state index contributed by atoms with van der Waals surface area (Å²) in [4.78, 5) is 19.9. The highest BCUT2D eigenvalue weighted by Gasteiger charge is 2.07. The van der Waals surface area contributed by atoms with Crippen LogP contribution in [0.25, 0.3) is 0 Å². The van der Waals surface area contributed by atoms with Crippen molar-refractivity contribution in [2.45, 2.75) is 6.54 Å². The lowest BCUT2D eigenvalue weighted by Crippen LogP contribution is -2.24. The Kier molecular flexibility index (Phi) is 4.24. The number of hydrogen-bond donors (Lipinski definition) is 2. The van der Waals surface area contributed by atoms with Gasteiger partial charge in [0.25, 0.3) is 5.91 Å². The summed E-state index contributed by atoms with van der Waals surface area (Å²) in [6.45, 7) is 0.375. The van der Waals surface area contributed by atoms with E-state index >= 15 is 0 Å². The van der Waals surface area contributed by atoms with E-state index < -0.39 is 0 Å². The number of nitrogens with one attached hydrogen (secondary N) is 2. The molecule has 100 valence electrons. The van der Waals surface area contributed by atoms with Crippen molar-refractivity contribution in [1.29, 1.82) is 5.26 Å². The fourth-order valence-electron chi connectivity index (χ4n) is 1.54. The van der Waals surface area contributed by atoms with Crippen molar-refractivity contribution in [2.24, 2.45) is 0 Å². The zero-order valence-electron chi connectivity index (χ0n) is 10.9. The first kappa shape index (κ1) is 13.5. The van der Waals surface area contributed by atoms with Crippen molar-refractivity contribution in [1.82, 2.24) is 15.3 Å². The molecule has 0 aliphatic heterocycles. The topological polar surface area (TPSA) is 90.7 Å². The minimum Gasteiger partial charge on any atom is -0.372 e. The largest absolute Gasteiger partial charge is 0.372 e. The number of benzene rings is 1. The molecule has 0 fully saturated rings. The third kappa shape index (κ3) is 3.29. The predicted molar refractivity (Wildman–Crippen MR) is 73.9 cm³/mol. The van der Waals surface area contributed by atoms with Crippen LogP contribution >= 0.6 is 0 Å². The summed E-state index contributed by atoms with van der Waals surface area (Å²) in [7, 11) is 1.73. The number of rotatable bonds is 4. The van der Waals surface area contributed by atoms with Gasteiger partial charge in [-0.15, -0.1) is 0 Å². The van der Waals surface area contributed by atoms with Crippen LogP contribution in [0.1, 0.15) is 21.6 Å². The van der Waals surface area contributed by atoms with Crippen LogP contribution in [0.3, 0.4) is 0 Å². The Bertz CT molecular complexity index is 628. The van der Waals surface area contributed by atoms with E-state index in [4.69, 9.17) is 5.26 Å². The van der Waals surface area contributed by atoms with Crippen LogP contribution in [-0.2, 0) is 6.54 Å². The molecule has 0 aliphatic carbocycles. The number of nitrogens with zero attached hydrogens (tertiary/aromatic N) is 3. The molecular formula is C14H13N5O. The first-order valence-electron chi connectivity index (χ1n) is 6.00. The molecule has 0 saturated carbocycles. The Hall–Kier alpha value is -2.94. The van der Waals surface area contributed by atoms with Gasteiger partial charge < -0.3 is 10.6 Å². The zero-order valence-corrected chi connectivity index (χ0v) is 10.9. The molecule has 1 heterocycles. The van der Waals surface area contributed by atoms with E-state index in [0.29, 0.717) is 17.9 Å². The van der Waals surface area contributed by atoms with Crippen molar-refractivity contribution in [2.75, 3.05) is 12.4 Å². The lowest BCUT2D eigenvalue weighted by Gasteiger charge is -2.05. The monoisotopic (exact) mass is 267 g/mol. The summed E-state index contributed by atoms with van der Waals surface area (Å²) in [6, 6.07) is 9.07. The van der Waals surface area contributed by atoms with Gasteiger partial charge in [0, 0.05) is 13.6 Å². The summed E-state index contributed by atoms with van der Waals surface area (Å²) in [5.74, 6) is 0.318. The molecule has 1 aromatic heterocycles. The van der Waals surface area contributed by atoms with Crippen LogP contribution in [0.4, 0.5) is 5.82 Å². The molecule has 0 aliphatic rings. The second-order valence-corrected chi connectivity index (χ2v) is 4.03. The van der Waals surface area contributed by atoms with Crippen molar-refractivity contribution < 1.29 is 4.79 Å². The van der Waals surface area contributed by atoms with Crippen LogP contribution in [-0.4, -0.2) is 22.9 Å². The van der Waals surface area contributed by atoms with Crippen LogP contribution in [0, 0.1) is 11.3 Å². The third-order valence-electron chi connectivity index (χ3n) is 2.68. The average molecular weight is 267 g/mol. The van der Waals surface area contributed by atoms with Gasteiger partial charge in [0.15, 0.2) is 0 Å². The SMILES string of the molecule is CNc1cnc(C(=O)NCc2ccc(C#N)cc2)cn1. The molecule has 1 amide bonds. The number of carbonyl (C=O) groups excluding carboxylic acids is 1. The standard InChI is InChI=1S/C14H13N5O/c1-16-13-9-17-12(8-18-13)14(20)19-7-11-4-2-10(6-15)3-5-11/h2-5,8-9H,7H2,1H3,(H,16,18)(H,19,20). The van der Waals surface area contributed by atoms with Gasteiger partial charge in [-0.25, -0.2) is 9.97 Å². The molecular weight excluding hydrogens is 254 g/mol. The second kappa shape index (κ2) is 6.29. The Morgan fingerprint density at radius 1 is 1.25 bits per heavy atom. The highest BCUT2D eigenvalue weighted by Crippen LogP contribution is 2.04. The first-order chi connectivity index (χ1) is 9.72. The molecule has 6 heteroatoms. The zero-order chi connectivity index (χ0) is 14.4. The maximum Gasteiger partial charge on any atom is 0.271 e. The third-order valence-corrected chi connectivity index (χ3v) is 2.68. The normalized spacial score (nSPS) is 9.60. The quantitative estimate of drug-likeness (QED) is 0.871. The molecule has 20 heavy (non-hydrogen) atoms. The van der Waals surface area contributed by atoms with Gasteiger partial charge in [-0.1, -0.05) is 12.1 Å². The van der Waals surface area contributed by atoms with E-state index in [0.717, 1.165) is 5.56 Å². The molecule has 2 rings (SSSR count). The lowest BCUT2D eigenvalue weighted by molar-refractivity contribution is 0.0945. The average Bonchev–Trinajstić information content (AvgIpc) is 2.53.